The third kappa shape index (κ3) is 4.13. The van der Waals surface area contributed by atoms with E-state index in [9.17, 15) is 4.79 Å². The summed E-state index contributed by atoms with van der Waals surface area (Å²) in [7, 11) is 0. The predicted molar refractivity (Wildman–Crippen MR) is 129 cm³/mol. The largest absolute Gasteiger partial charge is 0.368 e. The van der Waals surface area contributed by atoms with Gasteiger partial charge in [-0.15, -0.1) is 0 Å². The minimum Gasteiger partial charge on any atom is -0.368 e. The Morgan fingerprint density at radius 3 is 2.55 bits per heavy atom. The maximum Gasteiger partial charge on any atom is 0.227 e. The lowest BCUT2D eigenvalue weighted by Crippen LogP contribution is -2.52. The number of aryl methyl sites for hydroxylation is 2. The van der Waals surface area contributed by atoms with Gasteiger partial charge in [0.2, 0.25) is 5.91 Å². The molecule has 2 fully saturated rings. The number of piperazine rings is 1. The van der Waals surface area contributed by atoms with Crippen LogP contribution in [-0.4, -0.2) is 55.1 Å². The number of nitrogens with zero attached hydrogens (tertiary/aromatic N) is 4. The highest BCUT2D eigenvalue weighted by atomic mass is 32.1. The Morgan fingerprint density at radius 1 is 1.00 bits per heavy atom. The Kier molecular flexibility index (Phi) is 5.57. The summed E-state index contributed by atoms with van der Waals surface area (Å²) in [5, 5.41) is 1.06. The van der Waals surface area contributed by atoms with Crippen molar-refractivity contribution in [2.45, 2.75) is 26.7 Å². The van der Waals surface area contributed by atoms with E-state index in [1.165, 1.54) is 21.5 Å². The van der Waals surface area contributed by atoms with E-state index < -0.39 is 0 Å². The standard InChI is InChI=1S/C25H30N4OS/c1-18-15-19(2)23-22(16-18)31-25(26-23)29-10-6-7-20(17-29)24(30)28-13-11-27(12-14-28)21-8-4-3-5-9-21/h3-5,8-9,15-16,20H,6-7,10-14,17H2,1-2H3/t20-/m1/s1. The summed E-state index contributed by atoms with van der Waals surface area (Å²) in [6, 6.07) is 14.9. The summed E-state index contributed by atoms with van der Waals surface area (Å²) in [6.45, 7) is 9.48. The molecule has 0 N–H and O–H groups in total. The molecule has 2 aliphatic rings. The molecule has 1 atom stereocenters. The minimum absolute atomic E-state index is 0.0758. The molecule has 3 heterocycles. The average molecular weight is 435 g/mol. The van der Waals surface area contributed by atoms with Crippen LogP contribution in [0.2, 0.25) is 0 Å². The molecule has 2 aliphatic heterocycles. The zero-order valence-corrected chi connectivity index (χ0v) is 19.2. The van der Waals surface area contributed by atoms with E-state index in [0.717, 1.165) is 62.8 Å². The molecular weight excluding hydrogens is 404 g/mol. The zero-order valence-electron chi connectivity index (χ0n) is 18.4. The van der Waals surface area contributed by atoms with Crippen LogP contribution < -0.4 is 9.80 Å². The molecule has 2 saturated heterocycles. The van der Waals surface area contributed by atoms with E-state index in [2.05, 4.69) is 64.9 Å². The van der Waals surface area contributed by atoms with E-state index >= 15 is 0 Å². The molecule has 5 nitrogen and oxygen atoms in total. The SMILES string of the molecule is Cc1cc(C)c2nc(N3CCC[C@@H](C(=O)N4CCN(c5ccccc5)CC4)C3)sc2c1. The molecule has 3 aromatic rings. The Hall–Kier alpha value is -2.60. The maximum absolute atomic E-state index is 13.3. The summed E-state index contributed by atoms with van der Waals surface area (Å²) < 4.78 is 1.25. The molecular formula is C25H30N4OS. The quantitative estimate of drug-likeness (QED) is 0.609. The number of amides is 1. The number of aromatic nitrogens is 1. The van der Waals surface area contributed by atoms with Crippen LogP contribution in [0.3, 0.4) is 0 Å². The van der Waals surface area contributed by atoms with Gasteiger partial charge in [-0.1, -0.05) is 35.6 Å². The lowest BCUT2D eigenvalue weighted by Gasteiger charge is -2.39. The van der Waals surface area contributed by atoms with Gasteiger partial charge in [0, 0.05) is 45.0 Å². The highest BCUT2D eigenvalue weighted by Crippen LogP contribution is 2.34. The van der Waals surface area contributed by atoms with Crippen LogP contribution in [0.4, 0.5) is 10.8 Å². The van der Waals surface area contributed by atoms with E-state index in [1.54, 1.807) is 11.3 Å². The highest BCUT2D eigenvalue weighted by Gasteiger charge is 2.32. The first-order valence-corrected chi connectivity index (χ1v) is 12.1. The lowest BCUT2D eigenvalue weighted by molar-refractivity contribution is -0.136. The number of hydrogen-bond acceptors (Lipinski definition) is 5. The normalized spacial score (nSPS) is 19.8. The number of anilines is 2. The number of thiazole rings is 1. The van der Waals surface area contributed by atoms with E-state index in [4.69, 9.17) is 4.98 Å². The first-order valence-electron chi connectivity index (χ1n) is 11.3. The van der Waals surface area contributed by atoms with Gasteiger partial charge in [-0.2, -0.15) is 0 Å². The smallest absolute Gasteiger partial charge is 0.227 e. The highest BCUT2D eigenvalue weighted by molar-refractivity contribution is 7.22. The molecule has 5 rings (SSSR count). The molecule has 6 heteroatoms. The van der Waals surface area contributed by atoms with Crippen LogP contribution in [0.25, 0.3) is 10.2 Å². The lowest BCUT2D eigenvalue weighted by atomic mass is 9.96. The zero-order chi connectivity index (χ0) is 21.4. The van der Waals surface area contributed by atoms with Gasteiger partial charge in [-0.05, 0) is 56.0 Å². The summed E-state index contributed by atoms with van der Waals surface area (Å²) in [5.74, 6) is 0.400. The van der Waals surface area contributed by atoms with Gasteiger partial charge < -0.3 is 14.7 Å². The van der Waals surface area contributed by atoms with Crippen molar-refractivity contribution in [1.29, 1.82) is 0 Å². The Balaban J connectivity index is 1.24. The molecule has 0 spiro atoms. The number of rotatable bonds is 3. The third-order valence-corrected chi connectivity index (χ3v) is 7.64. The molecule has 0 unspecified atom stereocenters. The van der Waals surface area contributed by atoms with Crippen molar-refractivity contribution in [1.82, 2.24) is 9.88 Å². The number of fused-ring (bicyclic) bond motifs is 1. The maximum atomic E-state index is 13.3. The number of benzene rings is 2. The van der Waals surface area contributed by atoms with Crippen molar-refractivity contribution in [3.05, 3.63) is 53.6 Å². The van der Waals surface area contributed by atoms with Crippen molar-refractivity contribution in [3.63, 3.8) is 0 Å². The number of hydrogen-bond donors (Lipinski definition) is 0. The summed E-state index contributed by atoms with van der Waals surface area (Å²) in [4.78, 5) is 25.0. The summed E-state index contributed by atoms with van der Waals surface area (Å²) >= 11 is 1.76. The van der Waals surface area contributed by atoms with E-state index in [-0.39, 0.29) is 5.92 Å². The Bertz CT molecular complexity index is 1070. The molecule has 0 saturated carbocycles. The molecule has 1 amide bonds. The van der Waals surface area contributed by atoms with Crippen LogP contribution in [0.1, 0.15) is 24.0 Å². The fourth-order valence-corrected chi connectivity index (χ4v) is 6.11. The van der Waals surface area contributed by atoms with Gasteiger partial charge in [0.25, 0.3) is 0 Å². The van der Waals surface area contributed by atoms with Gasteiger partial charge >= 0.3 is 0 Å². The summed E-state index contributed by atoms with van der Waals surface area (Å²) in [6.07, 6.45) is 2.03. The number of piperidine rings is 1. The fraction of sp³-hybridized carbons (Fsp3) is 0.440. The van der Waals surface area contributed by atoms with Gasteiger partial charge in [0.05, 0.1) is 16.1 Å². The van der Waals surface area contributed by atoms with Crippen LogP contribution in [-0.2, 0) is 4.79 Å². The molecule has 0 aliphatic carbocycles. The minimum atomic E-state index is 0.0758. The first kappa shape index (κ1) is 20.3. The van der Waals surface area contributed by atoms with Gasteiger partial charge in [-0.3, -0.25) is 4.79 Å². The van der Waals surface area contributed by atoms with Crippen molar-refractivity contribution in [2.75, 3.05) is 49.1 Å². The number of carbonyl (C=O) groups excluding carboxylic acids is 1. The number of para-hydroxylation sites is 1. The Labute approximate surface area is 188 Å². The van der Waals surface area contributed by atoms with Crippen LogP contribution in [0.15, 0.2) is 42.5 Å². The number of carbonyl (C=O) groups is 1. The van der Waals surface area contributed by atoms with Crippen LogP contribution in [0.5, 0.6) is 0 Å². The van der Waals surface area contributed by atoms with Crippen molar-refractivity contribution in [2.24, 2.45) is 5.92 Å². The Morgan fingerprint density at radius 2 is 1.77 bits per heavy atom. The van der Waals surface area contributed by atoms with Crippen LogP contribution >= 0.6 is 11.3 Å². The van der Waals surface area contributed by atoms with Crippen molar-refractivity contribution < 1.29 is 4.79 Å². The second-order valence-electron chi connectivity index (χ2n) is 8.86. The molecule has 162 valence electrons. The monoisotopic (exact) mass is 434 g/mol. The molecule has 0 radical (unpaired) electrons. The van der Waals surface area contributed by atoms with Gasteiger partial charge in [0.15, 0.2) is 5.13 Å². The van der Waals surface area contributed by atoms with Gasteiger partial charge in [-0.25, -0.2) is 4.98 Å². The van der Waals surface area contributed by atoms with Gasteiger partial charge in [0.1, 0.15) is 0 Å². The van der Waals surface area contributed by atoms with E-state index in [0.29, 0.717) is 5.91 Å². The molecule has 0 bridgehead atoms. The summed E-state index contributed by atoms with van der Waals surface area (Å²) in [5.41, 5.74) is 4.87. The topological polar surface area (TPSA) is 39.7 Å². The molecule has 1 aromatic heterocycles. The van der Waals surface area contributed by atoms with Crippen molar-refractivity contribution >= 4 is 38.3 Å². The second kappa shape index (κ2) is 8.50. The first-order chi connectivity index (χ1) is 15.1. The second-order valence-corrected chi connectivity index (χ2v) is 9.87. The average Bonchev–Trinajstić information content (AvgIpc) is 3.24. The van der Waals surface area contributed by atoms with Crippen molar-refractivity contribution in [3.8, 4) is 0 Å². The van der Waals surface area contributed by atoms with E-state index in [1.807, 2.05) is 6.07 Å². The van der Waals surface area contributed by atoms with Crippen LogP contribution in [0, 0.1) is 19.8 Å². The molecule has 2 aromatic carbocycles. The fourth-order valence-electron chi connectivity index (χ4n) is 4.93. The predicted octanol–water partition coefficient (Wildman–Crippen LogP) is 4.48. The third-order valence-electron chi connectivity index (χ3n) is 6.57. The molecule has 31 heavy (non-hydrogen) atoms.